The molecule has 2 unspecified atom stereocenters. The smallest absolute Gasteiger partial charge is 0.159 e. The van der Waals surface area contributed by atoms with Crippen LogP contribution >= 0.6 is 0 Å². The molecule has 1 saturated carbocycles. The molecule has 1 heterocycles. The van der Waals surface area contributed by atoms with Gasteiger partial charge in [-0.15, -0.1) is 0 Å². The second-order valence-electron chi connectivity index (χ2n) is 9.46. The first-order valence-electron chi connectivity index (χ1n) is 9.93. The van der Waals surface area contributed by atoms with Crippen molar-refractivity contribution in [3.05, 3.63) is 0 Å². The Balaban J connectivity index is 1.91. The Labute approximate surface area is 153 Å². The van der Waals surface area contributed by atoms with Crippen LogP contribution in [0.15, 0.2) is 0 Å². The minimum Gasteiger partial charge on any atom is -0.378 e. The zero-order chi connectivity index (χ0) is 18.5. The van der Waals surface area contributed by atoms with Crippen molar-refractivity contribution in [1.29, 1.82) is 0 Å². The first-order valence-corrected chi connectivity index (χ1v) is 9.93. The van der Waals surface area contributed by atoms with E-state index in [2.05, 4.69) is 27.7 Å². The van der Waals surface area contributed by atoms with Crippen molar-refractivity contribution in [1.82, 2.24) is 0 Å². The van der Waals surface area contributed by atoms with E-state index in [9.17, 15) is 9.59 Å². The maximum absolute atomic E-state index is 12.1. The lowest BCUT2D eigenvalue weighted by atomic mass is 9.68. The summed E-state index contributed by atoms with van der Waals surface area (Å²) in [6.45, 7) is 10.6. The molecule has 0 bridgehead atoms. The first-order chi connectivity index (χ1) is 11.7. The molecule has 1 aliphatic heterocycles. The van der Waals surface area contributed by atoms with E-state index in [1.807, 2.05) is 0 Å². The van der Waals surface area contributed by atoms with Crippen LogP contribution < -0.4 is 0 Å². The summed E-state index contributed by atoms with van der Waals surface area (Å²) in [7, 11) is 0. The van der Waals surface area contributed by atoms with Gasteiger partial charge in [-0.3, -0.25) is 9.59 Å². The van der Waals surface area contributed by atoms with Crippen molar-refractivity contribution in [2.45, 2.75) is 85.2 Å². The van der Waals surface area contributed by atoms with E-state index in [1.54, 1.807) is 0 Å². The number of carbonyl (C=O) groups is 2. The fraction of sp³-hybridized carbons (Fsp3) is 0.905. The van der Waals surface area contributed by atoms with Crippen LogP contribution in [0.2, 0.25) is 0 Å². The molecular weight excluding hydrogens is 316 g/mol. The highest BCUT2D eigenvalue weighted by atomic mass is 16.5. The van der Waals surface area contributed by atoms with E-state index in [4.69, 9.17) is 9.47 Å². The van der Waals surface area contributed by atoms with Gasteiger partial charge in [0.05, 0.1) is 19.3 Å². The molecule has 2 fully saturated rings. The fourth-order valence-electron chi connectivity index (χ4n) is 4.09. The van der Waals surface area contributed by atoms with Crippen LogP contribution in [0, 0.1) is 16.7 Å². The zero-order valence-corrected chi connectivity index (χ0v) is 16.6. The summed E-state index contributed by atoms with van der Waals surface area (Å²) < 4.78 is 11.8. The number of carbonyl (C=O) groups excluding carboxylic acids is 2. The lowest BCUT2D eigenvalue weighted by Gasteiger charge is -2.42. The number of hydrogen-bond donors (Lipinski definition) is 0. The van der Waals surface area contributed by atoms with Crippen LogP contribution in [-0.4, -0.2) is 37.5 Å². The quantitative estimate of drug-likeness (QED) is 0.684. The van der Waals surface area contributed by atoms with Gasteiger partial charge in [0.25, 0.3) is 0 Å². The number of ether oxygens (including phenoxy) is 2. The maximum atomic E-state index is 12.1. The lowest BCUT2D eigenvalue weighted by molar-refractivity contribution is -0.143. The Morgan fingerprint density at radius 2 is 1.88 bits per heavy atom. The molecule has 0 aromatic carbocycles. The van der Waals surface area contributed by atoms with Crippen LogP contribution in [0.25, 0.3) is 0 Å². The Hall–Kier alpha value is -0.740. The summed E-state index contributed by atoms with van der Waals surface area (Å²) in [5.74, 6) is 0.865. The molecule has 25 heavy (non-hydrogen) atoms. The fourth-order valence-corrected chi connectivity index (χ4v) is 4.09. The largest absolute Gasteiger partial charge is 0.378 e. The van der Waals surface area contributed by atoms with Crippen LogP contribution in [-0.2, 0) is 19.1 Å². The number of hydrogen-bond acceptors (Lipinski definition) is 4. The highest BCUT2D eigenvalue weighted by Gasteiger charge is 2.41. The second kappa shape index (κ2) is 8.77. The van der Waals surface area contributed by atoms with Crippen molar-refractivity contribution in [2.75, 3.05) is 19.8 Å². The molecule has 2 atom stereocenters. The van der Waals surface area contributed by atoms with Crippen molar-refractivity contribution < 1.29 is 19.1 Å². The van der Waals surface area contributed by atoms with E-state index in [0.717, 1.165) is 32.1 Å². The van der Waals surface area contributed by atoms with E-state index in [0.29, 0.717) is 43.7 Å². The predicted octanol–water partition coefficient (Wildman–Crippen LogP) is 4.34. The third-order valence-electron chi connectivity index (χ3n) is 5.92. The van der Waals surface area contributed by atoms with Crippen molar-refractivity contribution in [2.24, 2.45) is 16.7 Å². The van der Waals surface area contributed by atoms with Gasteiger partial charge in [-0.1, -0.05) is 34.1 Å². The van der Waals surface area contributed by atoms with Crippen molar-refractivity contribution in [3.63, 3.8) is 0 Å². The van der Waals surface area contributed by atoms with Crippen molar-refractivity contribution in [3.8, 4) is 0 Å². The third-order valence-corrected chi connectivity index (χ3v) is 5.92. The molecule has 0 spiro atoms. The lowest BCUT2D eigenvalue weighted by Crippen LogP contribution is -2.44. The van der Waals surface area contributed by atoms with E-state index in [-0.39, 0.29) is 29.8 Å². The summed E-state index contributed by atoms with van der Waals surface area (Å²) in [6.07, 6.45) is 7.09. The Morgan fingerprint density at radius 3 is 2.48 bits per heavy atom. The molecule has 0 amide bonds. The second-order valence-corrected chi connectivity index (χ2v) is 9.46. The van der Waals surface area contributed by atoms with Gasteiger partial charge in [0.2, 0.25) is 0 Å². The van der Waals surface area contributed by atoms with Gasteiger partial charge in [0.15, 0.2) is 5.78 Å². The average Bonchev–Trinajstić information content (AvgIpc) is 2.53. The SMILES string of the molecule is CC(COC1CCC(=O)CC1)C1(CCCC(C)(C)C)COCC(=O)C1. The Morgan fingerprint density at radius 1 is 1.20 bits per heavy atom. The molecule has 0 aromatic heterocycles. The van der Waals surface area contributed by atoms with Gasteiger partial charge >= 0.3 is 0 Å². The molecule has 2 rings (SSSR count). The number of Topliss-reactive ketones (excluding diaryl/α,β-unsaturated/α-hetero) is 2. The van der Waals surface area contributed by atoms with Gasteiger partial charge in [-0.25, -0.2) is 0 Å². The summed E-state index contributed by atoms with van der Waals surface area (Å²) in [5, 5.41) is 0. The van der Waals surface area contributed by atoms with E-state index < -0.39 is 0 Å². The van der Waals surface area contributed by atoms with E-state index in [1.165, 1.54) is 0 Å². The zero-order valence-electron chi connectivity index (χ0n) is 16.6. The van der Waals surface area contributed by atoms with Crippen LogP contribution in [0.5, 0.6) is 0 Å². The topological polar surface area (TPSA) is 52.6 Å². The van der Waals surface area contributed by atoms with Gasteiger partial charge < -0.3 is 9.47 Å². The molecule has 4 nitrogen and oxygen atoms in total. The van der Waals surface area contributed by atoms with Gasteiger partial charge in [0, 0.05) is 24.7 Å². The van der Waals surface area contributed by atoms with E-state index >= 15 is 0 Å². The molecule has 1 aliphatic carbocycles. The molecule has 0 radical (unpaired) electrons. The summed E-state index contributed by atoms with van der Waals surface area (Å²) in [4.78, 5) is 23.5. The molecular formula is C21H36O4. The third kappa shape index (κ3) is 6.49. The van der Waals surface area contributed by atoms with Crippen LogP contribution in [0.3, 0.4) is 0 Å². The summed E-state index contributed by atoms with van der Waals surface area (Å²) in [6, 6.07) is 0. The first kappa shape index (κ1) is 20.6. The van der Waals surface area contributed by atoms with Gasteiger partial charge in [-0.05, 0) is 37.0 Å². The molecule has 4 heteroatoms. The maximum Gasteiger partial charge on any atom is 0.159 e. The highest BCUT2D eigenvalue weighted by Crippen LogP contribution is 2.41. The molecule has 0 aromatic rings. The molecule has 0 N–H and O–H groups in total. The predicted molar refractivity (Wildman–Crippen MR) is 98.6 cm³/mol. The molecule has 144 valence electrons. The Bertz CT molecular complexity index is 455. The Kier molecular flexibility index (Phi) is 7.21. The number of ketones is 2. The molecule has 2 aliphatic rings. The minimum absolute atomic E-state index is 0.0922. The van der Waals surface area contributed by atoms with Crippen molar-refractivity contribution >= 4 is 11.6 Å². The summed E-state index contributed by atoms with van der Waals surface area (Å²) in [5.41, 5.74) is 0.222. The van der Waals surface area contributed by atoms with Crippen LogP contribution in [0.4, 0.5) is 0 Å². The number of rotatable bonds is 7. The minimum atomic E-state index is -0.0922. The highest BCUT2D eigenvalue weighted by molar-refractivity contribution is 5.81. The van der Waals surface area contributed by atoms with Gasteiger partial charge in [0.1, 0.15) is 12.4 Å². The molecule has 1 saturated heterocycles. The van der Waals surface area contributed by atoms with Crippen LogP contribution in [0.1, 0.15) is 79.1 Å². The standard InChI is InChI=1S/C21H36O4/c1-16(13-25-19-8-6-17(22)7-9-19)21(11-5-10-20(2,3)4)12-18(23)14-24-15-21/h16,19H,5-15H2,1-4H3. The monoisotopic (exact) mass is 352 g/mol. The summed E-state index contributed by atoms with van der Waals surface area (Å²) >= 11 is 0. The normalized spacial score (nSPS) is 27.5. The van der Waals surface area contributed by atoms with Gasteiger partial charge in [-0.2, -0.15) is 0 Å². The average molecular weight is 353 g/mol.